The van der Waals surface area contributed by atoms with Crippen LogP contribution in [0.15, 0.2) is 60.7 Å². The summed E-state index contributed by atoms with van der Waals surface area (Å²) in [4.78, 5) is 25.1. The number of rotatable bonds is 5. The van der Waals surface area contributed by atoms with Crippen molar-refractivity contribution in [3.8, 4) is 5.75 Å². The minimum atomic E-state index is -4.42. The van der Waals surface area contributed by atoms with Crippen molar-refractivity contribution in [3.63, 3.8) is 0 Å². The number of nitrogens with one attached hydrogen (secondary N) is 2. The van der Waals surface area contributed by atoms with E-state index in [1.807, 2.05) is 0 Å². The molecule has 0 spiro atoms. The first kappa shape index (κ1) is 24.5. The normalized spacial score (nSPS) is 15.1. The summed E-state index contributed by atoms with van der Waals surface area (Å²) in [6, 6.07) is 13.3. The van der Waals surface area contributed by atoms with Gasteiger partial charge in [-0.2, -0.15) is 13.2 Å². The van der Waals surface area contributed by atoms with E-state index >= 15 is 0 Å². The van der Waals surface area contributed by atoms with Crippen LogP contribution in [0.25, 0.3) is 0 Å². The zero-order chi connectivity index (χ0) is 25.2. The lowest BCUT2D eigenvalue weighted by Gasteiger charge is -2.25. The Morgan fingerprint density at radius 2 is 1.77 bits per heavy atom. The number of carbonyl (C=O) groups is 2. The van der Waals surface area contributed by atoms with E-state index in [2.05, 4.69) is 10.6 Å². The van der Waals surface area contributed by atoms with Crippen LogP contribution >= 0.6 is 11.6 Å². The molecule has 1 aliphatic heterocycles. The molecule has 3 aromatic rings. The van der Waals surface area contributed by atoms with E-state index in [9.17, 15) is 27.2 Å². The van der Waals surface area contributed by atoms with Crippen LogP contribution in [0, 0.1) is 11.7 Å². The Balaban J connectivity index is 1.37. The molecule has 4 rings (SSSR count). The molecule has 0 fully saturated rings. The molecule has 1 heterocycles. The highest BCUT2D eigenvalue weighted by Gasteiger charge is 2.30. The van der Waals surface area contributed by atoms with Crippen molar-refractivity contribution in [1.82, 2.24) is 5.32 Å². The van der Waals surface area contributed by atoms with Crippen molar-refractivity contribution in [3.05, 3.63) is 93.8 Å². The number of amides is 2. The molecular formula is C25H19ClF4N2O3. The molecule has 0 saturated heterocycles. The van der Waals surface area contributed by atoms with Gasteiger partial charge in [0, 0.05) is 17.8 Å². The molecule has 5 nitrogen and oxygen atoms in total. The number of carbonyl (C=O) groups excluding carboxylic acids is 2. The minimum Gasteiger partial charge on any atom is -0.492 e. The maximum Gasteiger partial charge on any atom is 0.416 e. The Labute approximate surface area is 203 Å². The van der Waals surface area contributed by atoms with Crippen molar-refractivity contribution in [2.45, 2.75) is 19.1 Å². The van der Waals surface area contributed by atoms with Crippen molar-refractivity contribution >= 4 is 29.1 Å². The van der Waals surface area contributed by atoms with Gasteiger partial charge >= 0.3 is 6.18 Å². The Morgan fingerprint density at radius 1 is 1.03 bits per heavy atom. The molecule has 3 aromatic carbocycles. The Kier molecular flexibility index (Phi) is 6.98. The van der Waals surface area contributed by atoms with Gasteiger partial charge in [0.25, 0.3) is 5.91 Å². The molecule has 1 atom stereocenters. The van der Waals surface area contributed by atoms with Crippen LogP contribution in [-0.2, 0) is 23.9 Å². The smallest absolute Gasteiger partial charge is 0.416 e. The third-order valence-electron chi connectivity index (χ3n) is 5.53. The molecule has 2 N–H and O–H groups in total. The second kappa shape index (κ2) is 9.95. The first-order valence-corrected chi connectivity index (χ1v) is 10.9. The van der Waals surface area contributed by atoms with Gasteiger partial charge in [-0.3, -0.25) is 9.59 Å². The van der Waals surface area contributed by atoms with Crippen LogP contribution in [0.5, 0.6) is 5.75 Å². The molecule has 2 amide bonds. The number of hydrogen-bond donors (Lipinski definition) is 2. The van der Waals surface area contributed by atoms with Gasteiger partial charge in [0.05, 0.1) is 16.5 Å². The van der Waals surface area contributed by atoms with E-state index in [1.165, 1.54) is 24.3 Å². The van der Waals surface area contributed by atoms with Gasteiger partial charge in [0.15, 0.2) is 0 Å². The van der Waals surface area contributed by atoms with Gasteiger partial charge in [-0.1, -0.05) is 23.7 Å². The van der Waals surface area contributed by atoms with E-state index in [0.717, 1.165) is 18.2 Å². The van der Waals surface area contributed by atoms with E-state index in [1.54, 1.807) is 18.2 Å². The third kappa shape index (κ3) is 5.92. The SMILES string of the molecule is O=C(Nc1ccc2c(c1)CC(C(=O)NCc1ccc(C(F)(F)F)cc1)CO2)c1ccc(Cl)c(F)c1. The molecule has 0 aromatic heterocycles. The summed E-state index contributed by atoms with van der Waals surface area (Å²) >= 11 is 5.65. The fourth-order valence-corrected chi connectivity index (χ4v) is 3.74. The number of fused-ring (bicyclic) bond motifs is 1. The fraction of sp³-hybridized carbons (Fsp3) is 0.200. The average molecular weight is 507 g/mol. The standard InChI is InChI=1S/C25H19ClF4N2O3/c26-20-7-3-15(11-21(20)27)24(34)32-19-6-8-22-16(10-19)9-17(13-35-22)23(33)31-12-14-1-4-18(5-2-14)25(28,29)30/h1-8,10-11,17H,9,12-13H2,(H,31,33)(H,32,34). The molecule has 0 radical (unpaired) electrons. The van der Waals surface area contributed by atoms with Gasteiger partial charge in [0.1, 0.15) is 18.2 Å². The molecule has 0 bridgehead atoms. The van der Waals surface area contributed by atoms with Crippen molar-refractivity contribution in [2.24, 2.45) is 5.92 Å². The van der Waals surface area contributed by atoms with Crippen LogP contribution in [0.2, 0.25) is 5.02 Å². The number of ether oxygens (including phenoxy) is 1. The van der Waals surface area contributed by atoms with Crippen molar-refractivity contribution < 1.29 is 31.9 Å². The fourth-order valence-electron chi connectivity index (χ4n) is 3.63. The molecular weight excluding hydrogens is 488 g/mol. The highest BCUT2D eigenvalue weighted by atomic mass is 35.5. The highest BCUT2D eigenvalue weighted by molar-refractivity contribution is 6.30. The summed E-state index contributed by atoms with van der Waals surface area (Å²) in [7, 11) is 0. The van der Waals surface area contributed by atoms with Gasteiger partial charge < -0.3 is 15.4 Å². The van der Waals surface area contributed by atoms with Gasteiger partial charge in [-0.15, -0.1) is 0 Å². The van der Waals surface area contributed by atoms with Crippen LogP contribution in [0.4, 0.5) is 23.2 Å². The van der Waals surface area contributed by atoms with Crippen molar-refractivity contribution in [1.29, 1.82) is 0 Å². The first-order chi connectivity index (χ1) is 16.6. The zero-order valence-corrected chi connectivity index (χ0v) is 18.8. The van der Waals surface area contributed by atoms with E-state index in [-0.39, 0.29) is 29.6 Å². The molecule has 1 aliphatic rings. The number of hydrogen-bond acceptors (Lipinski definition) is 3. The predicted octanol–water partition coefficient (Wildman–Crippen LogP) is 5.62. The van der Waals surface area contributed by atoms with Gasteiger partial charge in [-0.05, 0) is 66.1 Å². The monoisotopic (exact) mass is 506 g/mol. The lowest BCUT2D eigenvalue weighted by Crippen LogP contribution is -2.37. The van der Waals surface area contributed by atoms with Crippen LogP contribution in [0.3, 0.4) is 0 Å². The summed E-state index contributed by atoms with van der Waals surface area (Å²) in [5.41, 5.74) is 1.02. The third-order valence-corrected chi connectivity index (χ3v) is 5.83. The molecule has 0 saturated carbocycles. The Morgan fingerprint density at radius 3 is 2.46 bits per heavy atom. The lowest BCUT2D eigenvalue weighted by molar-refractivity contribution is -0.137. The van der Waals surface area contributed by atoms with Crippen molar-refractivity contribution in [2.75, 3.05) is 11.9 Å². The maximum atomic E-state index is 13.6. The molecule has 35 heavy (non-hydrogen) atoms. The summed E-state index contributed by atoms with van der Waals surface area (Å²) < 4.78 is 57.4. The minimum absolute atomic E-state index is 0.0775. The largest absolute Gasteiger partial charge is 0.492 e. The van der Waals surface area contributed by atoms with Gasteiger partial charge in [-0.25, -0.2) is 4.39 Å². The first-order valence-electron chi connectivity index (χ1n) is 10.6. The Hall–Kier alpha value is -3.59. The van der Waals surface area contributed by atoms with Crippen LogP contribution in [-0.4, -0.2) is 18.4 Å². The summed E-state index contributed by atoms with van der Waals surface area (Å²) in [5, 5.41) is 5.31. The highest BCUT2D eigenvalue weighted by Crippen LogP contribution is 2.31. The summed E-state index contributed by atoms with van der Waals surface area (Å²) in [6.45, 7) is 0.218. The maximum absolute atomic E-state index is 13.6. The topological polar surface area (TPSA) is 67.4 Å². The second-order valence-corrected chi connectivity index (χ2v) is 8.44. The quantitative estimate of drug-likeness (QED) is 0.442. The lowest BCUT2D eigenvalue weighted by atomic mass is 9.95. The molecule has 1 unspecified atom stereocenters. The second-order valence-electron chi connectivity index (χ2n) is 8.03. The number of anilines is 1. The Bertz CT molecular complexity index is 1260. The molecule has 10 heteroatoms. The van der Waals surface area contributed by atoms with E-state index < -0.39 is 29.4 Å². The summed E-state index contributed by atoms with van der Waals surface area (Å²) in [5.74, 6) is -1.48. The van der Waals surface area contributed by atoms with E-state index in [0.29, 0.717) is 29.0 Å². The number of halogens is 5. The number of benzene rings is 3. The zero-order valence-electron chi connectivity index (χ0n) is 18.1. The molecule has 0 aliphatic carbocycles. The average Bonchev–Trinajstić information content (AvgIpc) is 2.83. The van der Waals surface area contributed by atoms with Gasteiger partial charge in [0.2, 0.25) is 5.91 Å². The van der Waals surface area contributed by atoms with Crippen LogP contribution in [0.1, 0.15) is 27.0 Å². The summed E-state index contributed by atoms with van der Waals surface area (Å²) in [6.07, 6.45) is -4.08. The number of alkyl halides is 3. The molecule has 182 valence electrons. The van der Waals surface area contributed by atoms with Crippen LogP contribution < -0.4 is 15.4 Å². The van der Waals surface area contributed by atoms with E-state index in [4.69, 9.17) is 16.3 Å². The predicted molar refractivity (Wildman–Crippen MR) is 122 cm³/mol.